The highest BCUT2D eigenvalue weighted by atomic mass is 16.5. The molecule has 1 aliphatic rings. The molecule has 2 aromatic rings. The van der Waals surface area contributed by atoms with E-state index in [1.165, 1.54) is 19.3 Å². The molecule has 0 bridgehead atoms. The summed E-state index contributed by atoms with van der Waals surface area (Å²) in [5, 5.41) is 2.99. The fourth-order valence-electron chi connectivity index (χ4n) is 3.69. The third kappa shape index (κ3) is 6.19. The molecule has 0 aliphatic carbocycles. The Balaban J connectivity index is 1.48. The minimum Gasteiger partial charge on any atom is -0.494 e. The summed E-state index contributed by atoms with van der Waals surface area (Å²) in [7, 11) is 0. The molecule has 1 saturated heterocycles. The summed E-state index contributed by atoms with van der Waals surface area (Å²) in [5.41, 5.74) is 0.600. The fraction of sp³-hybridized carbons (Fsp3) is 0.478. The van der Waals surface area contributed by atoms with Crippen LogP contribution in [0, 0.1) is 0 Å². The highest BCUT2D eigenvalue weighted by molar-refractivity contribution is 5.98. The Hall–Kier alpha value is -2.60. The maximum Gasteiger partial charge on any atom is 0.220 e. The van der Waals surface area contributed by atoms with Gasteiger partial charge in [0.25, 0.3) is 0 Å². The summed E-state index contributed by atoms with van der Waals surface area (Å²) < 4.78 is 11.0. The number of rotatable bonds is 10. The third-order valence-corrected chi connectivity index (χ3v) is 5.26. The molecule has 29 heavy (non-hydrogen) atoms. The first-order chi connectivity index (χ1) is 14.2. The molecule has 1 atom stereocenters. The maximum absolute atomic E-state index is 12.3. The van der Waals surface area contributed by atoms with Crippen molar-refractivity contribution in [3.63, 3.8) is 0 Å². The number of nitrogens with zero attached hydrogens (tertiary/aromatic N) is 1. The van der Waals surface area contributed by atoms with E-state index in [0.29, 0.717) is 18.7 Å². The van der Waals surface area contributed by atoms with Gasteiger partial charge in [0.1, 0.15) is 11.5 Å². The molecule has 1 aromatic carbocycles. The number of amides is 1. The first-order valence-corrected chi connectivity index (χ1v) is 10.5. The van der Waals surface area contributed by atoms with Crippen molar-refractivity contribution in [2.24, 2.45) is 0 Å². The number of Topliss-reactive ketones (excluding diaryl/α,β-unsaturated/α-hetero) is 1. The largest absolute Gasteiger partial charge is 0.494 e. The highest BCUT2D eigenvalue weighted by Gasteiger charge is 2.25. The molecule has 6 nitrogen and oxygen atoms in total. The lowest BCUT2D eigenvalue weighted by atomic mass is 10.1. The molecule has 6 heteroatoms. The van der Waals surface area contributed by atoms with Gasteiger partial charge >= 0.3 is 0 Å². The molecule has 1 unspecified atom stereocenters. The van der Waals surface area contributed by atoms with Crippen molar-refractivity contribution in [2.45, 2.75) is 45.1 Å². The maximum atomic E-state index is 12.3. The van der Waals surface area contributed by atoms with Gasteiger partial charge in [0, 0.05) is 24.9 Å². The number of furan rings is 1. The van der Waals surface area contributed by atoms with Crippen LogP contribution in [-0.2, 0) is 4.79 Å². The van der Waals surface area contributed by atoms with Crippen LogP contribution in [0.2, 0.25) is 0 Å². The Kier molecular flexibility index (Phi) is 7.87. The number of ketones is 1. The lowest BCUT2D eigenvalue weighted by molar-refractivity contribution is -0.121. The van der Waals surface area contributed by atoms with Crippen LogP contribution in [0.3, 0.4) is 0 Å². The van der Waals surface area contributed by atoms with Gasteiger partial charge in [-0.05, 0) is 69.3 Å². The Morgan fingerprint density at radius 1 is 1.10 bits per heavy atom. The van der Waals surface area contributed by atoms with Crippen molar-refractivity contribution >= 4 is 11.7 Å². The summed E-state index contributed by atoms with van der Waals surface area (Å²) in [6, 6.07) is 10.9. The van der Waals surface area contributed by atoms with Crippen molar-refractivity contribution < 1.29 is 18.7 Å². The van der Waals surface area contributed by atoms with Crippen molar-refractivity contribution in [1.82, 2.24) is 10.2 Å². The first-order valence-electron chi connectivity index (χ1n) is 10.5. The number of piperidine rings is 1. The number of likely N-dealkylation sites (tertiary alicyclic amines) is 1. The SMILES string of the molecule is CCOc1ccc(C(=O)CCC(=O)NCC(c2ccco2)N2CCCCC2)cc1. The molecule has 1 N–H and O–H groups in total. The number of hydrogen-bond donors (Lipinski definition) is 1. The zero-order valence-corrected chi connectivity index (χ0v) is 17.1. The van der Waals surface area contributed by atoms with E-state index in [2.05, 4.69) is 10.2 Å². The van der Waals surface area contributed by atoms with E-state index in [4.69, 9.17) is 9.15 Å². The van der Waals surface area contributed by atoms with Crippen molar-refractivity contribution in [3.8, 4) is 5.75 Å². The Morgan fingerprint density at radius 3 is 2.52 bits per heavy atom. The lowest BCUT2D eigenvalue weighted by Crippen LogP contribution is -2.40. The Morgan fingerprint density at radius 2 is 1.86 bits per heavy atom. The van der Waals surface area contributed by atoms with Gasteiger partial charge in [-0.1, -0.05) is 6.42 Å². The van der Waals surface area contributed by atoms with Gasteiger partial charge in [-0.3, -0.25) is 14.5 Å². The summed E-state index contributed by atoms with van der Waals surface area (Å²) in [4.78, 5) is 27.1. The molecule has 156 valence electrons. The standard InChI is InChI=1S/C23H30N2O4/c1-2-28-19-10-8-18(9-11-19)21(26)12-13-23(27)24-17-20(22-7-6-16-29-22)25-14-4-3-5-15-25/h6-11,16,20H,2-5,12-15,17H2,1H3,(H,24,27). The molecule has 2 heterocycles. The number of nitrogens with one attached hydrogen (secondary N) is 1. The van der Waals surface area contributed by atoms with E-state index in [-0.39, 0.29) is 30.6 Å². The minimum absolute atomic E-state index is 0.0380. The van der Waals surface area contributed by atoms with Gasteiger partial charge in [0.05, 0.1) is 18.9 Å². The molecule has 1 amide bonds. The van der Waals surface area contributed by atoms with E-state index < -0.39 is 0 Å². The van der Waals surface area contributed by atoms with Crippen LogP contribution in [0.1, 0.15) is 61.2 Å². The van der Waals surface area contributed by atoms with Crippen LogP contribution in [0.4, 0.5) is 0 Å². The fourth-order valence-corrected chi connectivity index (χ4v) is 3.69. The van der Waals surface area contributed by atoms with Gasteiger partial charge in [-0.15, -0.1) is 0 Å². The molecule has 0 spiro atoms. The van der Waals surface area contributed by atoms with Crippen LogP contribution in [0.15, 0.2) is 47.1 Å². The smallest absolute Gasteiger partial charge is 0.220 e. The number of benzene rings is 1. The van der Waals surface area contributed by atoms with Gasteiger partial charge in [0.2, 0.25) is 5.91 Å². The van der Waals surface area contributed by atoms with E-state index in [9.17, 15) is 9.59 Å². The quantitative estimate of drug-likeness (QED) is 0.613. The topological polar surface area (TPSA) is 71.8 Å². The molecule has 0 saturated carbocycles. The van der Waals surface area contributed by atoms with Gasteiger partial charge < -0.3 is 14.5 Å². The molecular weight excluding hydrogens is 368 g/mol. The zero-order valence-electron chi connectivity index (χ0n) is 17.1. The van der Waals surface area contributed by atoms with Gasteiger partial charge in [0.15, 0.2) is 5.78 Å². The number of carbonyl (C=O) groups is 2. The second-order valence-corrected chi connectivity index (χ2v) is 7.31. The lowest BCUT2D eigenvalue weighted by Gasteiger charge is -2.33. The predicted octanol–water partition coefficient (Wildman–Crippen LogP) is 3.98. The predicted molar refractivity (Wildman–Crippen MR) is 111 cm³/mol. The first kappa shape index (κ1) is 21.1. The highest BCUT2D eigenvalue weighted by Crippen LogP contribution is 2.24. The second kappa shape index (κ2) is 10.8. The normalized spacial score (nSPS) is 15.6. The third-order valence-electron chi connectivity index (χ3n) is 5.26. The summed E-state index contributed by atoms with van der Waals surface area (Å²) >= 11 is 0. The summed E-state index contributed by atoms with van der Waals surface area (Å²) in [6.45, 7) is 5.02. The monoisotopic (exact) mass is 398 g/mol. The average molecular weight is 399 g/mol. The Bertz CT molecular complexity index is 765. The molecule has 1 fully saturated rings. The van der Waals surface area contributed by atoms with Crippen molar-refractivity contribution in [3.05, 3.63) is 54.0 Å². The Labute approximate surface area is 172 Å². The minimum atomic E-state index is -0.113. The van der Waals surface area contributed by atoms with Crippen LogP contribution in [-0.4, -0.2) is 42.8 Å². The van der Waals surface area contributed by atoms with Crippen molar-refractivity contribution in [1.29, 1.82) is 0 Å². The van der Waals surface area contributed by atoms with Gasteiger partial charge in [-0.2, -0.15) is 0 Å². The molecule has 0 radical (unpaired) electrons. The van der Waals surface area contributed by atoms with E-state index >= 15 is 0 Å². The van der Waals surface area contributed by atoms with Gasteiger partial charge in [-0.25, -0.2) is 0 Å². The van der Waals surface area contributed by atoms with E-state index in [1.54, 1.807) is 30.5 Å². The van der Waals surface area contributed by atoms with E-state index in [1.807, 2.05) is 19.1 Å². The number of hydrogen-bond acceptors (Lipinski definition) is 5. The van der Waals surface area contributed by atoms with Crippen LogP contribution < -0.4 is 10.1 Å². The summed E-state index contributed by atoms with van der Waals surface area (Å²) in [6.07, 6.45) is 5.63. The molecule has 3 rings (SSSR count). The van der Waals surface area contributed by atoms with Crippen LogP contribution in [0.25, 0.3) is 0 Å². The molecular formula is C23H30N2O4. The summed E-state index contributed by atoms with van der Waals surface area (Å²) in [5.74, 6) is 1.46. The second-order valence-electron chi connectivity index (χ2n) is 7.31. The van der Waals surface area contributed by atoms with E-state index in [0.717, 1.165) is 24.6 Å². The van der Waals surface area contributed by atoms with Crippen molar-refractivity contribution in [2.75, 3.05) is 26.2 Å². The van der Waals surface area contributed by atoms with Crippen LogP contribution >= 0.6 is 0 Å². The zero-order chi connectivity index (χ0) is 20.5. The average Bonchev–Trinajstić information content (AvgIpc) is 3.28. The van der Waals surface area contributed by atoms with Crippen LogP contribution in [0.5, 0.6) is 5.75 Å². The number of carbonyl (C=O) groups excluding carboxylic acids is 2. The number of ether oxygens (including phenoxy) is 1. The molecule has 1 aromatic heterocycles. The molecule has 1 aliphatic heterocycles.